The van der Waals surface area contributed by atoms with Crippen molar-refractivity contribution < 1.29 is 9.53 Å². The van der Waals surface area contributed by atoms with Gasteiger partial charge in [0.15, 0.2) is 0 Å². The molecule has 0 spiro atoms. The van der Waals surface area contributed by atoms with Gasteiger partial charge >= 0.3 is 0 Å². The topological polar surface area (TPSA) is 47.4 Å². The summed E-state index contributed by atoms with van der Waals surface area (Å²) in [6, 6.07) is 16.1. The maximum atomic E-state index is 12.8. The average molecular weight is 375 g/mol. The lowest BCUT2D eigenvalue weighted by atomic mass is 9.97. The molecule has 1 amide bonds. The monoisotopic (exact) mass is 375 g/mol. The van der Waals surface area contributed by atoms with Gasteiger partial charge in [-0.3, -0.25) is 4.79 Å². The molecule has 5 nitrogen and oxygen atoms in total. The van der Waals surface area contributed by atoms with Crippen LogP contribution in [0.4, 0.5) is 0 Å². The van der Waals surface area contributed by atoms with Crippen molar-refractivity contribution in [2.45, 2.75) is 25.8 Å². The van der Waals surface area contributed by atoms with E-state index < -0.39 is 0 Å². The van der Waals surface area contributed by atoms with Crippen molar-refractivity contribution in [2.75, 3.05) is 19.7 Å². The number of hydrogen-bond acceptors (Lipinski definition) is 3. The van der Waals surface area contributed by atoms with Gasteiger partial charge in [0, 0.05) is 37.0 Å². The van der Waals surface area contributed by atoms with Crippen LogP contribution in [-0.4, -0.2) is 40.1 Å². The largest absolute Gasteiger partial charge is 0.492 e. The lowest BCUT2D eigenvalue weighted by Gasteiger charge is -2.17. The van der Waals surface area contributed by atoms with E-state index >= 15 is 0 Å². The van der Waals surface area contributed by atoms with Gasteiger partial charge < -0.3 is 14.2 Å². The number of likely N-dealkylation sites (tertiary alicyclic amines) is 1. The van der Waals surface area contributed by atoms with E-state index in [0.29, 0.717) is 18.1 Å². The lowest BCUT2D eigenvalue weighted by molar-refractivity contribution is 0.0790. The molecule has 0 radical (unpaired) electrons. The normalized spacial score (nSPS) is 16.3. The number of ether oxygens (including phenoxy) is 1. The molecule has 1 saturated heterocycles. The fourth-order valence-electron chi connectivity index (χ4n) is 3.62. The third-order valence-electron chi connectivity index (χ3n) is 5.30. The number of benzene rings is 2. The predicted molar refractivity (Wildman–Crippen MR) is 109 cm³/mol. The van der Waals surface area contributed by atoms with E-state index in [4.69, 9.17) is 4.74 Å². The Bertz CT molecular complexity index is 902. The summed E-state index contributed by atoms with van der Waals surface area (Å²) in [7, 11) is 0. The number of aryl methyl sites for hydroxylation is 1. The van der Waals surface area contributed by atoms with Crippen LogP contribution in [0.5, 0.6) is 5.75 Å². The summed E-state index contributed by atoms with van der Waals surface area (Å²) in [6.45, 7) is 4.99. The molecular weight excluding hydrogens is 350 g/mol. The summed E-state index contributed by atoms with van der Waals surface area (Å²) in [5.41, 5.74) is 3.30. The molecule has 1 fully saturated rings. The van der Waals surface area contributed by atoms with Gasteiger partial charge in [-0.05, 0) is 43.2 Å². The van der Waals surface area contributed by atoms with Gasteiger partial charge in [-0.25, -0.2) is 4.98 Å². The molecule has 4 rings (SSSR count). The summed E-state index contributed by atoms with van der Waals surface area (Å²) >= 11 is 0. The van der Waals surface area contributed by atoms with Crippen molar-refractivity contribution in [3.63, 3.8) is 0 Å². The molecule has 1 unspecified atom stereocenters. The molecule has 1 aliphatic rings. The maximum Gasteiger partial charge on any atom is 0.253 e. The zero-order valence-corrected chi connectivity index (χ0v) is 16.1. The van der Waals surface area contributed by atoms with Gasteiger partial charge in [0.05, 0.1) is 12.9 Å². The molecular formula is C23H25N3O2. The molecule has 0 bridgehead atoms. The quantitative estimate of drug-likeness (QED) is 0.656. The minimum Gasteiger partial charge on any atom is -0.492 e. The average Bonchev–Trinajstić information content (AvgIpc) is 3.41. The second kappa shape index (κ2) is 8.30. The molecule has 1 aromatic heterocycles. The van der Waals surface area contributed by atoms with Crippen molar-refractivity contribution in [2.24, 2.45) is 0 Å². The molecule has 2 heterocycles. The first-order chi connectivity index (χ1) is 13.7. The molecule has 28 heavy (non-hydrogen) atoms. The van der Waals surface area contributed by atoms with E-state index in [1.54, 1.807) is 12.5 Å². The highest BCUT2D eigenvalue weighted by molar-refractivity contribution is 5.94. The third kappa shape index (κ3) is 4.25. The summed E-state index contributed by atoms with van der Waals surface area (Å²) < 4.78 is 7.72. The summed E-state index contributed by atoms with van der Waals surface area (Å²) in [5.74, 6) is 1.30. The zero-order valence-electron chi connectivity index (χ0n) is 16.1. The van der Waals surface area contributed by atoms with E-state index in [-0.39, 0.29) is 5.91 Å². The Labute approximate surface area is 165 Å². The van der Waals surface area contributed by atoms with Crippen LogP contribution in [0, 0.1) is 6.92 Å². The van der Waals surface area contributed by atoms with E-state index in [1.165, 1.54) is 11.1 Å². The van der Waals surface area contributed by atoms with Crippen LogP contribution in [0.1, 0.15) is 33.8 Å². The van der Waals surface area contributed by atoms with E-state index in [9.17, 15) is 4.79 Å². The minimum atomic E-state index is 0.0968. The van der Waals surface area contributed by atoms with Crippen molar-refractivity contribution in [3.8, 4) is 5.75 Å². The van der Waals surface area contributed by atoms with Crippen LogP contribution in [0.15, 0.2) is 67.3 Å². The van der Waals surface area contributed by atoms with Gasteiger partial charge in [-0.2, -0.15) is 0 Å². The van der Waals surface area contributed by atoms with Gasteiger partial charge in [0.1, 0.15) is 12.4 Å². The highest BCUT2D eigenvalue weighted by atomic mass is 16.5. The Kier molecular flexibility index (Phi) is 5.42. The SMILES string of the molecule is Cc1ccc(C2CCN(C(=O)c3ccc(OCCn4ccnc4)cc3)C2)cc1. The van der Waals surface area contributed by atoms with Crippen molar-refractivity contribution >= 4 is 5.91 Å². The van der Waals surface area contributed by atoms with Crippen LogP contribution in [0.25, 0.3) is 0 Å². The smallest absolute Gasteiger partial charge is 0.253 e. The van der Waals surface area contributed by atoms with Crippen LogP contribution < -0.4 is 4.74 Å². The summed E-state index contributed by atoms with van der Waals surface area (Å²) in [5, 5.41) is 0. The Hall–Kier alpha value is -3.08. The maximum absolute atomic E-state index is 12.8. The van der Waals surface area contributed by atoms with E-state index in [0.717, 1.165) is 31.8 Å². The van der Waals surface area contributed by atoms with Gasteiger partial charge in [0.2, 0.25) is 0 Å². The molecule has 3 aromatic rings. The van der Waals surface area contributed by atoms with Crippen molar-refractivity contribution in [1.82, 2.24) is 14.5 Å². The zero-order chi connectivity index (χ0) is 19.3. The number of imidazole rings is 1. The molecule has 5 heteroatoms. The highest BCUT2D eigenvalue weighted by Crippen LogP contribution is 2.28. The van der Waals surface area contributed by atoms with Crippen LogP contribution >= 0.6 is 0 Å². The van der Waals surface area contributed by atoms with Crippen molar-refractivity contribution in [1.29, 1.82) is 0 Å². The minimum absolute atomic E-state index is 0.0968. The Balaban J connectivity index is 1.31. The molecule has 0 N–H and O–H groups in total. The number of carbonyl (C=O) groups is 1. The highest BCUT2D eigenvalue weighted by Gasteiger charge is 2.27. The Morgan fingerprint density at radius 1 is 1.14 bits per heavy atom. The van der Waals surface area contributed by atoms with Gasteiger partial charge in [0.25, 0.3) is 5.91 Å². The van der Waals surface area contributed by atoms with E-state index in [2.05, 4.69) is 36.2 Å². The van der Waals surface area contributed by atoms with Crippen molar-refractivity contribution in [3.05, 3.63) is 83.9 Å². The van der Waals surface area contributed by atoms with E-state index in [1.807, 2.05) is 39.9 Å². The van der Waals surface area contributed by atoms with Crippen LogP contribution in [-0.2, 0) is 6.54 Å². The summed E-state index contributed by atoms with van der Waals surface area (Å²) in [4.78, 5) is 18.8. The molecule has 0 saturated carbocycles. The molecule has 0 aliphatic carbocycles. The van der Waals surface area contributed by atoms with Gasteiger partial charge in [-0.1, -0.05) is 29.8 Å². The fraction of sp³-hybridized carbons (Fsp3) is 0.304. The number of rotatable bonds is 6. The number of carbonyl (C=O) groups excluding carboxylic acids is 1. The number of nitrogens with zero attached hydrogens (tertiary/aromatic N) is 3. The van der Waals surface area contributed by atoms with Crippen LogP contribution in [0.3, 0.4) is 0 Å². The first kappa shape index (κ1) is 18.3. The number of aromatic nitrogens is 2. The summed E-state index contributed by atoms with van der Waals surface area (Å²) in [6.07, 6.45) is 6.45. The Morgan fingerprint density at radius 2 is 1.93 bits per heavy atom. The Morgan fingerprint density at radius 3 is 2.64 bits per heavy atom. The number of hydrogen-bond donors (Lipinski definition) is 0. The molecule has 1 atom stereocenters. The second-order valence-corrected chi connectivity index (χ2v) is 7.32. The fourth-order valence-corrected chi connectivity index (χ4v) is 3.62. The first-order valence-electron chi connectivity index (χ1n) is 9.73. The van der Waals surface area contributed by atoms with Gasteiger partial charge in [-0.15, -0.1) is 0 Å². The second-order valence-electron chi connectivity index (χ2n) is 7.32. The first-order valence-corrected chi connectivity index (χ1v) is 9.73. The third-order valence-corrected chi connectivity index (χ3v) is 5.30. The molecule has 2 aromatic carbocycles. The molecule has 1 aliphatic heterocycles. The number of amides is 1. The standard InChI is InChI=1S/C23H25N3O2/c1-18-2-4-19(5-3-18)21-10-12-26(16-21)23(27)20-6-8-22(9-7-20)28-15-14-25-13-11-24-17-25/h2-9,11,13,17,21H,10,12,14-16H2,1H3. The predicted octanol–water partition coefficient (Wildman–Crippen LogP) is 3.90. The molecule has 144 valence electrons. The van der Waals surface area contributed by atoms with Crippen LogP contribution in [0.2, 0.25) is 0 Å². The lowest BCUT2D eigenvalue weighted by Crippen LogP contribution is -2.28.